The smallest absolute Gasteiger partial charge is 0.290 e. The highest BCUT2D eigenvalue weighted by Gasteiger charge is 2.44. The van der Waals surface area contributed by atoms with Crippen LogP contribution in [0.5, 0.6) is 0 Å². The van der Waals surface area contributed by atoms with Gasteiger partial charge in [-0.15, -0.1) is 0 Å². The van der Waals surface area contributed by atoms with Crippen molar-refractivity contribution < 1.29 is 18.8 Å². The number of amides is 3. The molecule has 1 fully saturated rings. The molecule has 170 valence electrons. The summed E-state index contributed by atoms with van der Waals surface area (Å²) in [6.45, 7) is 4.40. The number of hydrogen-bond acceptors (Lipinski definition) is 4. The second-order valence-electron chi connectivity index (χ2n) is 8.39. The molecule has 1 aromatic heterocycles. The molecule has 3 amide bonds. The lowest BCUT2D eigenvalue weighted by Crippen LogP contribution is -2.46. The Morgan fingerprint density at radius 2 is 1.88 bits per heavy atom. The molecule has 0 saturated carbocycles. The summed E-state index contributed by atoms with van der Waals surface area (Å²) in [4.78, 5) is 42.1. The van der Waals surface area contributed by atoms with Crippen molar-refractivity contribution in [2.24, 2.45) is 0 Å². The van der Waals surface area contributed by atoms with E-state index in [1.165, 1.54) is 16.1 Å². The minimum Gasteiger partial charge on any atom is -0.459 e. The Kier molecular flexibility index (Phi) is 6.65. The van der Waals surface area contributed by atoms with E-state index in [2.05, 4.69) is 13.8 Å². The molecule has 3 aromatic rings. The van der Waals surface area contributed by atoms with Gasteiger partial charge in [0.25, 0.3) is 11.8 Å². The molecule has 4 rings (SSSR count). The minimum absolute atomic E-state index is 0.0766. The Labute approximate surface area is 197 Å². The quantitative estimate of drug-likeness (QED) is 0.457. The van der Waals surface area contributed by atoms with Gasteiger partial charge in [-0.05, 0) is 59.9 Å². The molecule has 1 aliphatic rings. The van der Waals surface area contributed by atoms with Gasteiger partial charge in [0.1, 0.15) is 6.04 Å². The van der Waals surface area contributed by atoms with Crippen LogP contribution in [-0.2, 0) is 16.0 Å². The maximum atomic E-state index is 13.4. The number of benzene rings is 2. The number of halogens is 1. The summed E-state index contributed by atoms with van der Waals surface area (Å²) in [7, 11) is 0. The highest BCUT2D eigenvalue weighted by Crippen LogP contribution is 2.28. The molecule has 33 heavy (non-hydrogen) atoms. The second-order valence-corrected chi connectivity index (χ2v) is 8.83. The first-order valence-electron chi connectivity index (χ1n) is 10.9. The number of furan rings is 1. The zero-order valence-corrected chi connectivity index (χ0v) is 19.3. The van der Waals surface area contributed by atoms with E-state index >= 15 is 0 Å². The Morgan fingerprint density at radius 3 is 2.52 bits per heavy atom. The van der Waals surface area contributed by atoms with Crippen molar-refractivity contribution in [2.45, 2.75) is 38.6 Å². The van der Waals surface area contributed by atoms with Gasteiger partial charge in [0, 0.05) is 11.6 Å². The van der Waals surface area contributed by atoms with Crippen LogP contribution in [0.4, 0.5) is 5.69 Å². The molecule has 1 aliphatic heterocycles. The van der Waals surface area contributed by atoms with Gasteiger partial charge in [0.2, 0.25) is 5.91 Å². The van der Waals surface area contributed by atoms with E-state index in [0.29, 0.717) is 23.0 Å². The lowest BCUT2D eigenvalue weighted by molar-refractivity contribution is -0.122. The first-order valence-corrected chi connectivity index (χ1v) is 11.3. The van der Waals surface area contributed by atoms with E-state index in [0.717, 1.165) is 11.1 Å². The third-order valence-electron chi connectivity index (χ3n) is 5.84. The highest BCUT2D eigenvalue weighted by molar-refractivity contribution is 6.30. The van der Waals surface area contributed by atoms with Crippen molar-refractivity contribution in [2.75, 3.05) is 11.4 Å². The largest absolute Gasteiger partial charge is 0.459 e. The standard InChI is InChI=1S/C26H25ClN2O4/c1-17(2)19-8-10-21(11-9-19)29-24(30)16-22(25(29)31)28(26(32)23-7-4-14-33-23)13-12-18-5-3-6-20(27)15-18/h3-11,14-15,17,22H,12-13,16H2,1-2H3. The van der Waals surface area contributed by atoms with Gasteiger partial charge in [-0.1, -0.05) is 49.7 Å². The van der Waals surface area contributed by atoms with E-state index < -0.39 is 17.9 Å². The maximum absolute atomic E-state index is 13.4. The fraction of sp³-hybridized carbons (Fsp3) is 0.269. The summed E-state index contributed by atoms with van der Waals surface area (Å²) in [5.74, 6) is -0.707. The first-order chi connectivity index (χ1) is 15.8. The normalized spacial score (nSPS) is 16.0. The van der Waals surface area contributed by atoms with Crippen molar-refractivity contribution in [3.05, 3.63) is 88.8 Å². The van der Waals surface area contributed by atoms with Crippen LogP contribution in [0, 0.1) is 0 Å². The second kappa shape index (κ2) is 9.63. The Balaban J connectivity index is 1.60. The number of anilines is 1. The van der Waals surface area contributed by atoms with E-state index in [4.69, 9.17) is 16.0 Å². The van der Waals surface area contributed by atoms with Gasteiger partial charge in [0.15, 0.2) is 5.76 Å². The minimum atomic E-state index is -0.904. The van der Waals surface area contributed by atoms with Crippen molar-refractivity contribution in [3.8, 4) is 0 Å². The molecule has 2 heterocycles. The van der Waals surface area contributed by atoms with E-state index in [1.54, 1.807) is 30.3 Å². The van der Waals surface area contributed by atoms with Gasteiger partial charge in [-0.3, -0.25) is 14.4 Å². The molecule has 0 spiro atoms. The number of nitrogens with zero attached hydrogens (tertiary/aromatic N) is 2. The van der Waals surface area contributed by atoms with E-state index in [-0.39, 0.29) is 24.6 Å². The van der Waals surface area contributed by atoms with Crippen LogP contribution in [0.15, 0.2) is 71.3 Å². The average molecular weight is 465 g/mol. The number of imide groups is 1. The van der Waals surface area contributed by atoms with Crippen LogP contribution >= 0.6 is 11.6 Å². The summed E-state index contributed by atoms with van der Waals surface area (Å²) in [6, 6.07) is 17.0. The van der Waals surface area contributed by atoms with Gasteiger partial charge in [-0.2, -0.15) is 0 Å². The predicted molar refractivity (Wildman–Crippen MR) is 126 cm³/mol. The van der Waals surface area contributed by atoms with Crippen molar-refractivity contribution in [1.29, 1.82) is 0 Å². The average Bonchev–Trinajstić information content (AvgIpc) is 3.42. The van der Waals surface area contributed by atoms with Crippen molar-refractivity contribution >= 4 is 35.0 Å². The monoisotopic (exact) mass is 464 g/mol. The van der Waals surface area contributed by atoms with Crippen molar-refractivity contribution in [3.63, 3.8) is 0 Å². The molecule has 7 heteroatoms. The van der Waals surface area contributed by atoms with Crippen LogP contribution in [0.2, 0.25) is 5.02 Å². The fourth-order valence-electron chi connectivity index (χ4n) is 4.02. The molecular formula is C26H25ClN2O4. The molecule has 0 bridgehead atoms. The van der Waals surface area contributed by atoms with E-state index in [9.17, 15) is 14.4 Å². The summed E-state index contributed by atoms with van der Waals surface area (Å²) in [5, 5.41) is 0.597. The molecule has 0 radical (unpaired) electrons. The maximum Gasteiger partial charge on any atom is 0.290 e. The number of carbonyl (C=O) groups is 3. The number of rotatable bonds is 7. The molecule has 6 nitrogen and oxygen atoms in total. The Bertz CT molecular complexity index is 1160. The van der Waals surface area contributed by atoms with Crippen LogP contribution in [-0.4, -0.2) is 35.2 Å². The Morgan fingerprint density at radius 1 is 1.12 bits per heavy atom. The molecule has 1 atom stereocenters. The summed E-state index contributed by atoms with van der Waals surface area (Å²) >= 11 is 6.09. The van der Waals surface area contributed by atoms with Gasteiger partial charge < -0.3 is 9.32 Å². The Hall–Kier alpha value is -3.38. The third kappa shape index (κ3) is 4.86. The zero-order valence-electron chi connectivity index (χ0n) is 18.5. The lowest BCUT2D eigenvalue weighted by Gasteiger charge is -2.27. The van der Waals surface area contributed by atoms with Crippen LogP contribution in [0.25, 0.3) is 0 Å². The lowest BCUT2D eigenvalue weighted by atomic mass is 10.0. The highest BCUT2D eigenvalue weighted by atomic mass is 35.5. The number of carbonyl (C=O) groups excluding carboxylic acids is 3. The predicted octanol–water partition coefficient (Wildman–Crippen LogP) is 5.07. The zero-order chi connectivity index (χ0) is 23.5. The van der Waals surface area contributed by atoms with E-state index in [1.807, 2.05) is 30.3 Å². The summed E-state index contributed by atoms with van der Waals surface area (Å²) in [5.41, 5.74) is 2.56. The fourth-order valence-corrected chi connectivity index (χ4v) is 4.23. The summed E-state index contributed by atoms with van der Waals surface area (Å²) in [6.07, 6.45) is 1.81. The van der Waals surface area contributed by atoms with Crippen LogP contribution < -0.4 is 4.90 Å². The molecule has 2 aromatic carbocycles. The molecular weight excluding hydrogens is 440 g/mol. The van der Waals surface area contributed by atoms with Crippen molar-refractivity contribution in [1.82, 2.24) is 4.90 Å². The van der Waals surface area contributed by atoms with Gasteiger partial charge in [-0.25, -0.2) is 4.90 Å². The SMILES string of the molecule is CC(C)c1ccc(N2C(=O)CC(N(CCc3cccc(Cl)c3)C(=O)c3ccco3)C2=O)cc1. The van der Waals surface area contributed by atoms with Crippen LogP contribution in [0.3, 0.4) is 0 Å². The van der Waals surface area contributed by atoms with Gasteiger partial charge in [0.05, 0.1) is 18.4 Å². The molecule has 1 unspecified atom stereocenters. The van der Waals surface area contributed by atoms with Gasteiger partial charge >= 0.3 is 0 Å². The molecule has 0 aliphatic carbocycles. The summed E-state index contributed by atoms with van der Waals surface area (Å²) < 4.78 is 5.29. The third-order valence-corrected chi connectivity index (χ3v) is 6.08. The molecule has 1 saturated heterocycles. The first kappa shape index (κ1) is 22.8. The number of hydrogen-bond donors (Lipinski definition) is 0. The topological polar surface area (TPSA) is 70.8 Å². The van der Waals surface area contributed by atoms with Crippen LogP contribution in [0.1, 0.15) is 47.9 Å². The molecule has 0 N–H and O–H groups in total.